The number of benzene rings is 1. The number of piperidine rings is 1. The second-order valence-electron chi connectivity index (χ2n) is 6.14. The average Bonchev–Trinajstić information content (AvgIpc) is 2.76. The zero-order chi connectivity index (χ0) is 15.7. The number of aromatic nitrogens is 1. The molecule has 6 heteroatoms. The van der Waals surface area contributed by atoms with Crippen LogP contribution < -0.4 is 11.5 Å². The fourth-order valence-corrected chi connectivity index (χ4v) is 3.12. The summed E-state index contributed by atoms with van der Waals surface area (Å²) in [6.45, 7) is 4.25. The summed E-state index contributed by atoms with van der Waals surface area (Å²) in [7, 11) is 0. The monoisotopic (exact) mass is 303 g/mol. The Labute approximate surface area is 128 Å². The lowest BCUT2D eigenvalue weighted by molar-refractivity contribution is -0.119. The molecule has 2 heterocycles. The largest absolute Gasteiger partial charge is 0.421 e. The Balaban J connectivity index is 1.72. The first-order chi connectivity index (χ1) is 10.5. The van der Waals surface area contributed by atoms with E-state index in [1.807, 2.05) is 25.1 Å². The van der Waals surface area contributed by atoms with E-state index in [1.165, 1.54) is 0 Å². The van der Waals surface area contributed by atoms with Gasteiger partial charge in [-0.15, -0.1) is 0 Å². The van der Waals surface area contributed by atoms with Gasteiger partial charge in [-0.3, -0.25) is 14.3 Å². The molecule has 1 saturated heterocycles. The first-order valence-corrected chi connectivity index (χ1v) is 7.63. The molecular weight excluding hydrogens is 282 g/mol. The molecule has 0 atom stereocenters. The molecule has 6 nitrogen and oxygen atoms in total. The molecule has 0 radical (unpaired) electrons. The van der Waals surface area contributed by atoms with Crippen LogP contribution in [0.25, 0.3) is 11.1 Å². The summed E-state index contributed by atoms with van der Waals surface area (Å²) in [6.07, 6.45) is 2.33. The molecule has 0 spiro atoms. The van der Waals surface area contributed by atoms with Crippen LogP contribution in [0.2, 0.25) is 0 Å². The van der Waals surface area contributed by atoms with Gasteiger partial charge < -0.3 is 10.2 Å². The van der Waals surface area contributed by atoms with Crippen LogP contribution in [-0.4, -0.2) is 28.5 Å². The molecular formula is C16H21N3O3. The van der Waals surface area contributed by atoms with Gasteiger partial charge >= 0.3 is 5.76 Å². The van der Waals surface area contributed by atoms with Crippen molar-refractivity contribution in [3.8, 4) is 0 Å². The Morgan fingerprint density at radius 1 is 1.36 bits per heavy atom. The fraction of sp³-hybridized carbons (Fsp3) is 0.500. The standard InChI is InChI=1S/C16H21N3O3/c1-11-2-3-14-13(8-11)19(16(21)22-14)10-18-6-4-12(5-7-18)9-15(17)20/h2-3,8,12H,4-7,9-10H2,1H3,(H2,17,20). The molecule has 0 saturated carbocycles. The second-order valence-corrected chi connectivity index (χ2v) is 6.14. The Morgan fingerprint density at radius 3 is 2.77 bits per heavy atom. The van der Waals surface area contributed by atoms with Crippen molar-refractivity contribution in [3.63, 3.8) is 0 Å². The number of nitrogens with zero attached hydrogens (tertiary/aromatic N) is 2. The van der Waals surface area contributed by atoms with Crippen molar-refractivity contribution in [2.45, 2.75) is 32.9 Å². The molecule has 1 aromatic heterocycles. The van der Waals surface area contributed by atoms with Gasteiger partial charge in [0.2, 0.25) is 5.91 Å². The number of hydrogen-bond donors (Lipinski definition) is 1. The van der Waals surface area contributed by atoms with E-state index in [-0.39, 0.29) is 11.7 Å². The van der Waals surface area contributed by atoms with Crippen LogP contribution in [0.1, 0.15) is 24.8 Å². The first-order valence-electron chi connectivity index (χ1n) is 7.63. The Kier molecular flexibility index (Phi) is 4.02. The highest BCUT2D eigenvalue weighted by Crippen LogP contribution is 2.21. The van der Waals surface area contributed by atoms with E-state index in [2.05, 4.69) is 4.90 Å². The first kappa shape index (κ1) is 14.8. The molecule has 118 valence electrons. The van der Waals surface area contributed by atoms with Crippen LogP contribution in [0.3, 0.4) is 0 Å². The number of oxazole rings is 1. The van der Waals surface area contributed by atoms with Crippen molar-refractivity contribution in [2.24, 2.45) is 11.7 Å². The van der Waals surface area contributed by atoms with Crippen molar-refractivity contribution < 1.29 is 9.21 Å². The third kappa shape index (κ3) is 3.06. The Morgan fingerprint density at radius 2 is 2.09 bits per heavy atom. The Hall–Kier alpha value is -2.08. The fourth-order valence-electron chi connectivity index (χ4n) is 3.12. The summed E-state index contributed by atoms with van der Waals surface area (Å²) in [6, 6.07) is 5.74. The van der Waals surface area contributed by atoms with E-state index >= 15 is 0 Å². The van der Waals surface area contributed by atoms with Gasteiger partial charge in [-0.05, 0) is 43.4 Å². The van der Waals surface area contributed by atoms with Gasteiger partial charge in [-0.25, -0.2) is 4.79 Å². The maximum atomic E-state index is 12.0. The second kappa shape index (κ2) is 5.96. The number of fused-ring (bicyclic) bond motifs is 1. The SMILES string of the molecule is Cc1ccc2oc(=O)n(CN3CCC(CC(N)=O)CC3)c2c1. The van der Waals surface area contributed by atoms with Gasteiger partial charge in [0.15, 0.2) is 5.58 Å². The molecule has 0 aliphatic carbocycles. The lowest BCUT2D eigenvalue weighted by Gasteiger charge is -2.31. The van der Waals surface area contributed by atoms with Crippen LogP contribution in [0.4, 0.5) is 0 Å². The van der Waals surface area contributed by atoms with E-state index in [0.29, 0.717) is 24.6 Å². The van der Waals surface area contributed by atoms with Crippen molar-refractivity contribution in [2.75, 3.05) is 13.1 Å². The summed E-state index contributed by atoms with van der Waals surface area (Å²) in [5.74, 6) is -0.181. The van der Waals surface area contributed by atoms with Crippen molar-refractivity contribution in [3.05, 3.63) is 34.3 Å². The third-order valence-electron chi connectivity index (χ3n) is 4.36. The molecule has 0 bridgehead atoms. The predicted molar refractivity (Wildman–Crippen MR) is 83.3 cm³/mol. The van der Waals surface area contributed by atoms with Crippen LogP contribution in [0.15, 0.2) is 27.4 Å². The van der Waals surface area contributed by atoms with Gasteiger partial charge in [0.25, 0.3) is 0 Å². The maximum Gasteiger partial charge on any atom is 0.421 e. The van der Waals surface area contributed by atoms with Crippen LogP contribution in [-0.2, 0) is 11.5 Å². The minimum atomic E-state index is -0.320. The molecule has 1 amide bonds. The summed E-state index contributed by atoms with van der Waals surface area (Å²) in [4.78, 5) is 25.2. The number of likely N-dealkylation sites (tertiary alicyclic amines) is 1. The highest BCUT2D eigenvalue weighted by atomic mass is 16.4. The summed E-state index contributed by atoms with van der Waals surface area (Å²) in [5.41, 5.74) is 7.81. The smallest absolute Gasteiger partial charge is 0.408 e. The van der Waals surface area contributed by atoms with Crippen LogP contribution in [0, 0.1) is 12.8 Å². The molecule has 1 fully saturated rings. The van der Waals surface area contributed by atoms with Crippen molar-refractivity contribution in [1.82, 2.24) is 9.47 Å². The van der Waals surface area contributed by atoms with Gasteiger partial charge in [-0.1, -0.05) is 6.07 Å². The van der Waals surface area contributed by atoms with E-state index < -0.39 is 0 Å². The number of carbonyl (C=O) groups is 1. The van der Waals surface area contributed by atoms with Gasteiger partial charge in [0.1, 0.15) is 0 Å². The minimum Gasteiger partial charge on any atom is -0.408 e. The third-order valence-corrected chi connectivity index (χ3v) is 4.36. The lowest BCUT2D eigenvalue weighted by atomic mass is 9.93. The molecule has 2 N–H and O–H groups in total. The number of nitrogens with two attached hydrogens (primary N) is 1. The van der Waals surface area contributed by atoms with E-state index in [0.717, 1.165) is 37.0 Å². The number of aryl methyl sites for hydroxylation is 1. The zero-order valence-corrected chi connectivity index (χ0v) is 12.7. The van der Waals surface area contributed by atoms with Crippen LogP contribution in [0.5, 0.6) is 0 Å². The lowest BCUT2D eigenvalue weighted by Crippen LogP contribution is -2.38. The van der Waals surface area contributed by atoms with Gasteiger partial charge in [0.05, 0.1) is 12.2 Å². The summed E-state index contributed by atoms with van der Waals surface area (Å²) in [5, 5.41) is 0. The average molecular weight is 303 g/mol. The molecule has 2 aromatic rings. The molecule has 1 aromatic carbocycles. The zero-order valence-electron chi connectivity index (χ0n) is 12.7. The number of rotatable bonds is 4. The van der Waals surface area contributed by atoms with Crippen LogP contribution >= 0.6 is 0 Å². The maximum absolute atomic E-state index is 12.0. The highest BCUT2D eigenvalue weighted by Gasteiger charge is 2.22. The Bertz CT molecular complexity index is 739. The van der Waals surface area contributed by atoms with E-state index in [1.54, 1.807) is 4.57 Å². The number of hydrogen-bond acceptors (Lipinski definition) is 4. The molecule has 22 heavy (non-hydrogen) atoms. The molecule has 1 aliphatic heterocycles. The molecule has 1 aliphatic rings. The molecule has 0 unspecified atom stereocenters. The van der Waals surface area contributed by atoms with E-state index in [9.17, 15) is 9.59 Å². The number of primary amides is 1. The highest BCUT2D eigenvalue weighted by molar-refractivity contribution is 5.74. The number of carbonyl (C=O) groups excluding carboxylic acids is 1. The summed E-state index contributed by atoms with van der Waals surface area (Å²) < 4.78 is 6.97. The van der Waals surface area contributed by atoms with Crippen molar-refractivity contribution in [1.29, 1.82) is 0 Å². The number of amides is 1. The predicted octanol–water partition coefficient (Wildman–Crippen LogP) is 1.45. The summed E-state index contributed by atoms with van der Waals surface area (Å²) >= 11 is 0. The molecule has 3 rings (SSSR count). The minimum absolute atomic E-state index is 0.231. The quantitative estimate of drug-likeness (QED) is 0.927. The van der Waals surface area contributed by atoms with Crippen molar-refractivity contribution >= 4 is 17.0 Å². The normalized spacial score (nSPS) is 17.1. The van der Waals surface area contributed by atoms with E-state index in [4.69, 9.17) is 10.2 Å². The van der Waals surface area contributed by atoms with Gasteiger partial charge in [-0.2, -0.15) is 0 Å². The van der Waals surface area contributed by atoms with Gasteiger partial charge in [0, 0.05) is 19.5 Å². The topological polar surface area (TPSA) is 81.5 Å².